The SMILES string of the molecule is CCN1CCCC1CNc1cc([N+](=O)[O-])cc(N)n1. The number of hydrogen-bond acceptors (Lipinski definition) is 6. The maximum Gasteiger partial charge on any atom is 0.276 e. The highest BCUT2D eigenvalue weighted by Crippen LogP contribution is 2.20. The number of anilines is 2. The molecule has 1 saturated heterocycles. The van der Waals surface area contributed by atoms with Gasteiger partial charge in [-0.25, -0.2) is 4.98 Å². The number of likely N-dealkylation sites (N-methyl/N-ethyl adjacent to an activating group) is 1. The lowest BCUT2D eigenvalue weighted by atomic mass is 10.2. The molecule has 1 aliphatic heterocycles. The molecule has 7 heteroatoms. The zero-order chi connectivity index (χ0) is 13.8. The summed E-state index contributed by atoms with van der Waals surface area (Å²) in [5, 5.41) is 13.9. The van der Waals surface area contributed by atoms with Crippen molar-refractivity contribution in [1.29, 1.82) is 0 Å². The molecule has 0 amide bonds. The lowest BCUT2D eigenvalue weighted by Gasteiger charge is -2.23. The lowest BCUT2D eigenvalue weighted by molar-refractivity contribution is -0.384. The number of likely N-dealkylation sites (tertiary alicyclic amines) is 1. The number of aromatic nitrogens is 1. The van der Waals surface area contributed by atoms with Gasteiger partial charge in [0.1, 0.15) is 11.6 Å². The van der Waals surface area contributed by atoms with Crippen molar-refractivity contribution in [3.63, 3.8) is 0 Å². The maximum atomic E-state index is 10.8. The van der Waals surface area contributed by atoms with Crippen molar-refractivity contribution in [3.05, 3.63) is 22.2 Å². The van der Waals surface area contributed by atoms with Gasteiger partial charge in [-0.3, -0.25) is 15.0 Å². The highest BCUT2D eigenvalue weighted by atomic mass is 16.6. The van der Waals surface area contributed by atoms with Crippen molar-refractivity contribution >= 4 is 17.3 Å². The molecule has 1 aromatic rings. The summed E-state index contributed by atoms with van der Waals surface area (Å²) >= 11 is 0. The minimum Gasteiger partial charge on any atom is -0.383 e. The summed E-state index contributed by atoms with van der Waals surface area (Å²) in [5.41, 5.74) is 5.53. The van der Waals surface area contributed by atoms with E-state index in [0.29, 0.717) is 11.9 Å². The topological polar surface area (TPSA) is 97.3 Å². The van der Waals surface area contributed by atoms with Gasteiger partial charge in [-0.1, -0.05) is 6.92 Å². The molecule has 0 radical (unpaired) electrons. The average Bonchev–Trinajstić information content (AvgIpc) is 2.83. The molecule has 1 atom stereocenters. The van der Waals surface area contributed by atoms with Crippen LogP contribution < -0.4 is 11.1 Å². The molecule has 1 aliphatic rings. The Labute approximate surface area is 112 Å². The molecule has 1 fully saturated rings. The van der Waals surface area contributed by atoms with Crippen LogP contribution in [0.15, 0.2) is 12.1 Å². The van der Waals surface area contributed by atoms with Crippen LogP contribution in [0.4, 0.5) is 17.3 Å². The van der Waals surface area contributed by atoms with Gasteiger partial charge in [0.2, 0.25) is 0 Å². The summed E-state index contributed by atoms with van der Waals surface area (Å²) in [5.74, 6) is 0.630. The smallest absolute Gasteiger partial charge is 0.276 e. The van der Waals surface area contributed by atoms with Crippen molar-refractivity contribution in [2.24, 2.45) is 0 Å². The summed E-state index contributed by atoms with van der Waals surface area (Å²) in [6, 6.07) is 3.15. The summed E-state index contributed by atoms with van der Waals surface area (Å²) in [6.07, 6.45) is 2.34. The Hall–Kier alpha value is -1.89. The fourth-order valence-corrected chi connectivity index (χ4v) is 2.50. The van der Waals surface area contributed by atoms with Crippen LogP contribution in [0.5, 0.6) is 0 Å². The Kier molecular flexibility index (Phi) is 4.16. The van der Waals surface area contributed by atoms with Gasteiger partial charge >= 0.3 is 0 Å². The number of nitro groups is 1. The van der Waals surface area contributed by atoms with E-state index in [1.54, 1.807) is 0 Å². The first kappa shape index (κ1) is 13.5. The van der Waals surface area contributed by atoms with Crippen LogP contribution >= 0.6 is 0 Å². The standard InChI is InChI=1S/C12H19N5O2/c1-2-16-5-3-4-9(16)8-14-12-7-10(17(18)19)6-11(13)15-12/h6-7,9H,2-5,8H2,1H3,(H3,13,14,15). The lowest BCUT2D eigenvalue weighted by Crippen LogP contribution is -2.34. The molecular formula is C12H19N5O2. The van der Waals surface area contributed by atoms with E-state index in [9.17, 15) is 10.1 Å². The van der Waals surface area contributed by atoms with E-state index in [4.69, 9.17) is 5.73 Å². The number of hydrogen-bond donors (Lipinski definition) is 2. The second-order valence-corrected chi connectivity index (χ2v) is 4.70. The molecule has 0 aliphatic carbocycles. The van der Waals surface area contributed by atoms with E-state index in [1.807, 2.05) is 0 Å². The minimum atomic E-state index is -0.461. The molecule has 0 saturated carbocycles. The molecule has 1 aromatic heterocycles. The number of nitrogen functional groups attached to an aromatic ring is 1. The van der Waals surface area contributed by atoms with E-state index in [0.717, 1.165) is 26.1 Å². The summed E-state index contributed by atoms with van der Waals surface area (Å²) in [6.45, 7) is 5.02. The van der Waals surface area contributed by atoms with E-state index >= 15 is 0 Å². The number of nitrogens with two attached hydrogens (primary N) is 1. The highest BCUT2D eigenvalue weighted by molar-refractivity contribution is 5.52. The van der Waals surface area contributed by atoms with Crippen molar-refractivity contribution < 1.29 is 4.92 Å². The van der Waals surface area contributed by atoms with Crippen LogP contribution in [0.2, 0.25) is 0 Å². The summed E-state index contributed by atoms with van der Waals surface area (Å²) in [7, 11) is 0. The van der Waals surface area contributed by atoms with E-state index in [-0.39, 0.29) is 11.5 Å². The molecule has 19 heavy (non-hydrogen) atoms. The van der Waals surface area contributed by atoms with Crippen LogP contribution in [0.3, 0.4) is 0 Å². The Bertz CT molecular complexity index is 465. The van der Waals surface area contributed by atoms with Gasteiger partial charge in [-0.2, -0.15) is 0 Å². The zero-order valence-corrected chi connectivity index (χ0v) is 11.0. The van der Waals surface area contributed by atoms with E-state index < -0.39 is 4.92 Å². The second kappa shape index (κ2) is 5.83. The molecule has 2 heterocycles. The van der Waals surface area contributed by atoms with E-state index in [1.165, 1.54) is 18.6 Å². The second-order valence-electron chi connectivity index (χ2n) is 4.70. The molecule has 0 bridgehead atoms. The predicted molar refractivity (Wildman–Crippen MR) is 74.1 cm³/mol. The van der Waals surface area contributed by atoms with Gasteiger partial charge in [-0.15, -0.1) is 0 Å². The normalized spacial score (nSPS) is 19.5. The molecule has 0 aromatic carbocycles. The first-order valence-corrected chi connectivity index (χ1v) is 6.50. The van der Waals surface area contributed by atoms with Gasteiger partial charge in [0, 0.05) is 12.6 Å². The predicted octanol–water partition coefficient (Wildman–Crippen LogP) is 1.47. The monoisotopic (exact) mass is 265 g/mol. The summed E-state index contributed by atoms with van der Waals surface area (Å²) in [4.78, 5) is 16.8. The third-order valence-corrected chi connectivity index (χ3v) is 3.46. The number of nitrogens with zero attached hydrogens (tertiary/aromatic N) is 3. The number of nitrogens with one attached hydrogen (secondary N) is 1. The van der Waals surface area contributed by atoms with Crippen molar-refractivity contribution in [1.82, 2.24) is 9.88 Å². The Morgan fingerprint density at radius 1 is 1.63 bits per heavy atom. The first-order chi connectivity index (χ1) is 9.10. The van der Waals surface area contributed by atoms with Crippen LogP contribution in [0, 0.1) is 10.1 Å². The molecule has 0 spiro atoms. The van der Waals surface area contributed by atoms with Gasteiger partial charge in [0.25, 0.3) is 5.69 Å². The van der Waals surface area contributed by atoms with Crippen LogP contribution in [0.1, 0.15) is 19.8 Å². The first-order valence-electron chi connectivity index (χ1n) is 6.50. The summed E-state index contributed by atoms with van der Waals surface area (Å²) < 4.78 is 0. The van der Waals surface area contributed by atoms with Gasteiger partial charge in [0.15, 0.2) is 0 Å². The Morgan fingerprint density at radius 3 is 3.11 bits per heavy atom. The fraction of sp³-hybridized carbons (Fsp3) is 0.583. The third-order valence-electron chi connectivity index (χ3n) is 3.46. The number of rotatable bonds is 5. The van der Waals surface area contributed by atoms with Crippen molar-refractivity contribution in [2.45, 2.75) is 25.8 Å². The van der Waals surface area contributed by atoms with E-state index in [2.05, 4.69) is 22.1 Å². The Balaban J connectivity index is 2.01. The Morgan fingerprint density at radius 2 is 2.42 bits per heavy atom. The van der Waals surface area contributed by atoms with Crippen LogP contribution in [-0.4, -0.2) is 40.5 Å². The molecule has 3 N–H and O–H groups in total. The maximum absolute atomic E-state index is 10.8. The molecule has 1 unspecified atom stereocenters. The van der Waals surface area contributed by atoms with Gasteiger partial charge in [-0.05, 0) is 25.9 Å². The minimum absolute atomic E-state index is 0.0335. The zero-order valence-electron chi connectivity index (χ0n) is 11.0. The highest BCUT2D eigenvalue weighted by Gasteiger charge is 2.22. The van der Waals surface area contributed by atoms with Gasteiger partial charge in [0.05, 0.1) is 17.1 Å². The number of pyridine rings is 1. The fourth-order valence-electron chi connectivity index (χ4n) is 2.50. The third kappa shape index (κ3) is 3.31. The largest absolute Gasteiger partial charge is 0.383 e. The molecule has 104 valence electrons. The molecular weight excluding hydrogens is 246 g/mol. The van der Waals surface area contributed by atoms with Crippen LogP contribution in [0.25, 0.3) is 0 Å². The van der Waals surface area contributed by atoms with Gasteiger partial charge < -0.3 is 11.1 Å². The van der Waals surface area contributed by atoms with Crippen molar-refractivity contribution in [2.75, 3.05) is 30.7 Å². The van der Waals surface area contributed by atoms with Crippen molar-refractivity contribution in [3.8, 4) is 0 Å². The molecule has 7 nitrogen and oxygen atoms in total. The molecule has 2 rings (SSSR count). The quantitative estimate of drug-likeness (QED) is 0.618. The average molecular weight is 265 g/mol. The van der Waals surface area contributed by atoms with Crippen LogP contribution in [-0.2, 0) is 0 Å².